The number of nitrogens with one attached hydrogen (secondary N) is 1. The Kier molecular flexibility index (Phi) is 3.90. The van der Waals surface area contributed by atoms with Crippen molar-refractivity contribution in [2.45, 2.75) is 19.3 Å². The SMILES string of the molecule is C[C@@H]1C[C@@H]1c1ccc(/C=N\Nc2cc(C(=O)O)ccc2Cl)o1. The molecule has 0 amide bonds. The first-order valence-corrected chi connectivity index (χ1v) is 7.34. The van der Waals surface area contributed by atoms with Crippen molar-refractivity contribution >= 4 is 29.5 Å². The molecule has 0 spiro atoms. The molecule has 0 radical (unpaired) electrons. The molecule has 1 aliphatic rings. The van der Waals surface area contributed by atoms with Gasteiger partial charge in [0.1, 0.15) is 11.5 Å². The molecule has 2 atom stereocenters. The van der Waals surface area contributed by atoms with Crippen molar-refractivity contribution in [3.8, 4) is 0 Å². The van der Waals surface area contributed by atoms with E-state index in [2.05, 4.69) is 17.5 Å². The summed E-state index contributed by atoms with van der Waals surface area (Å²) in [4.78, 5) is 10.9. The molecule has 0 aliphatic heterocycles. The van der Waals surface area contributed by atoms with Crippen LogP contribution in [0.15, 0.2) is 39.9 Å². The zero-order chi connectivity index (χ0) is 15.7. The number of nitrogens with zero attached hydrogens (tertiary/aromatic N) is 1. The predicted molar refractivity (Wildman–Crippen MR) is 84.9 cm³/mol. The minimum absolute atomic E-state index is 0.144. The van der Waals surface area contributed by atoms with Gasteiger partial charge >= 0.3 is 5.97 Å². The average molecular weight is 319 g/mol. The number of hydrogen-bond acceptors (Lipinski definition) is 4. The molecule has 1 aromatic carbocycles. The fraction of sp³-hybridized carbons (Fsp3) is 0.250. The Morgan fingerprint density at radius 2 is 2.23 bits per heavy atom. The highest BCUT2D eigenvalue weighted by molar-refractivity contribution is 6.33. The van der Waals surface area contributed by atoms with Crippen LogP contribution in [0.2, 0.25) is 5.02 Å². The number of rotatable bonds is 5. The van der Waals surface area contributed by atoms with Crippen LogP contribution in [0.25, 0.3) is 0 Å². The number of carboxylic acids is 1. The summed E-state index contributed by atoms with van der Waals surface area (Å²) in [7, 11) is 0. The Balaban J connectivity index is 1.68. The van der Waals surface area contributed by atoms with Crippen molar-refractivity contribution in [3.63, 3.8) is 0 Å². The number of hydrazone groups is 1. The van der Waals surface area contributed by atoms with E-state index in [0.29, 0.717) is 28.3 Å². The Hall–Kier alpha value is -2.27. The third kappa shape index (κ3) is 3.14. The molecule has 6 heteroatoms. The monoisotopic (exact) mass is 318 g/mol. The zero-order valence-corrected chi connectivity index (χ0v) is 12.7. The number of hydrogen-bond donors (Lipinski definition) is 2. The number of carbonyl (C=O) groups is 1. The molecule has 22 heavy (non-hydrogen) atoms. The number of benzene rings is 1. The second-order valence-corrected chi connectivity index (χ2v) is 5.84. The molecule has 2 N–H and O–H groups in total. The molecular formula is C16H15ClN2O3. The zero-order valence-electron chi connectivity index (χ0n) is 11.9. The molecule has 1 heterocycles. The van der Waals surface area contributed by atoms with Gasteiger partial charge in [0.05, 0.1) is 22.5 Å². The van der Waals surface area contributed by atoms with E-state index < -0.39 is 5.97 Å². The summed E-state index contributed by atoms with van der Waals surface area (Å²) in [6.07, 6.45) is 2.71. The summed E-state index contributed by atoms with van der Waals surface area (Å²) in [6, 6.07) is 8.22. The Bertz CT molecular complexity index is 739. The number of carboxylic acid groups (broad SMARTS) is 1. The Morgan fingerprint density at radius 1 is 1.45 bits per heavy atom. The maximum Gasteiger partial charge on any atom is 0.335 e. The largest absolute Gasteiger partial charge is 0.478 e. The Morgan fingerprint density at radius 3 is 2.91 bits per heavy atom. The fourth-order valence-corrected chi connectivity index (χ4v) is 2.42. The van der Waals surface area contributed by atoms with E-state index in [9.17, 15) is 4.79 Å². The minimum Gasteiger partial charge on any atom is -0.478 e. The molecule has 3 rings (SSSR count). The second kappa shape index (κ2) is 5.85. The van der Waals surface area contributed by atoms with E-state index >= 15 is 0 Å². The summed E-state index contributed by atoms with van der Waals surface area (Å²) in [5, 5.41) is 13.4. The van der Waals surface area contributed by atoms with Gasteiger partial charge in [0.15, 0.2) is 0 Å². The van der Waals surface area contributed by atoms with Gasteiger partial charge in [0.25, 0.3) is 0 Å². The van der Waals surface area contributed by atoms with E-state index in [0.717, 1.165) is 5.76 Å². The van der Waals surface area contributed by atoms with Gasteiger partial charge in [0, 0.05) is 5.92 Å². The van der Waals surface area contributed by atoms with Crippen LogP contribution in [0.5, 0.6) is 0 Å². The van der Waals surface area contributed by atoms with Crippen LogP contribution in [0.1, 0.15) is 41.1 Å². The lowest BCUT2D eigenvalue weighted by Crippen LogP contribution is -1.98. The quantitative estimate of drug-likeness (QED) is 0.640. The maximum atomic E-state index is 10.9. The molecule has 2 aromatic rings. The third-order valence-electron chi connectivity index (χ3n) is 3.71. The van der Waals surface area contributed by atoms with Crippen molar-refractivity contribution in [2.75, 3.05) is 5.43 Å². The lowest BCUT2D eigenvalue weighted by Gasteiger charge is -2.04. The van der Waals surface area contributed by atoms with Crippen molar-refractivity contribution in [1.82, 2.24) is 0 Å². The van der Waals surface area contributed by atoms with Gasteiger partial charge in [0.2, 0.25) is 0 Å². The molecule has 1 aromatic heterocycles. The van der Waals surface area contributed by atoms with E-state index in [4.69, 9.17) is 21.1 Å². The lowest BCUT2D eigenvalue weighted by molar-refractivity contribution is 0.0697. The number of halogens is 1. The first-order chi connectivity index (χ1) is 10.5. The molecule has 0 unspecified atom stereocenters. The Labute approximate surface area is 132 Å². The number of furan rings is 1. The smallest absolute Gasteiger partial charge is 0.335 e. The van der Waals surface area contributed by atoms with Crippen molar-refractivity contribution in [1.29, 1.82) is 0 Å². The summed E-state index contributed by atoms with van der Waals surface area (Å²) in [5.74, 6) is 1.83. The van der Waals surface area contributed by atoms with Crippen molar-refractivity contribution < 1.29 is 14.3 Å². The van der Waals surface area contributed by atoms with Gasteiger partial charge in [-0.1, -0.05) is 18.5 Å². The topological polar surface area (TPSA) is 74.8 Å². The lowest BCUT2D eigenvalue weighted by atomic mass is 10.2. The fourth-order valence-electron chi connectivity index (χ4n) is 2.27. The van der Waals surface area contributed by atoms with E-state index in [-0.39, 0.29) is 5.56 Å². The second-order valence-electron chi connectivity index (χ2n) is 5.43. The van der Waals surface area contributed by atoms with Crippen LogP contribution in [0.4, 0.5) is 5.69 Å². The van der Waals surface area contributed by atoms with E-state index in [1.807, 2.05) is 12.1 Å². The highest BCUT2D eigenvalue weighted by atomic mass is 35.5. The highest BCUT2D eigenvalue weighted by Gasteiger charge is 2.36. The van der Waals surface area contributed by atoms with Crippen LogP contribution in [-0.2, 0) is 0 Å². The molecule has 0 bridgehead atoms. The molecule has 114 valence electrons. The highest BCUT2D eigenvalue weighted by Crippen LogP contribution is 2.47. The third-order valence-corrected chi connectivity index (χ3v) is 4.04. The first kappa shape index (κ1) is 14.7. The van der Waals surface area contributed by atoms with Gasteiger partial charge in [-0.3, -0.25) is 5.43 Å². The summed E-state index contributed by atoms with van der Waals surface area (Å²) < 4.78 is 5.69. The van der Waals surface area contributed by atoms with Crippen LogP contribution in [0, 0.1) is 5.92 Å². The number of aromatic carboxylic acids is 1. The normalized spacial score (nSPS) is 20.3. The minimum atomic E-state index is -1.02. The van der Waals surface area contributed by atoms with Gasteiger partial charge in [-0.25, -0.2) is 4.79 Å². The summed E-state index contributed by atoms with van der Waals surface area (Å²) in [6.45, 7) is 2.19. The maximum absolute atomic E-state index is 10.9. The van der Waals surface area contributed by atoms with E-state index in [1.165, 1.54) is 24.6 Å². The number of anilines is 1. The van der Waals surface area contributed by atoms with Gasteiger partial charge in [-0.2, -0.15) is 5.10 Å². The molecular weight excluding hydrogens is 304 g/mol. The predicted octanol–water partition coefficient (Wildman–Crippen LogP) is 4.20. The van der Waals surface area contributed by atoms with Crippen molar-refractivity contribution in [2.24, 2.45) is 11.0 Å². The van der Waals surface area contributed by atoms with Crippen LogP contribution in [-0.4, -0.2) is 17.3 Å². The first-order valence-electron chi connectivity index (χ1n) is 6.96. The molecule has 1 fully saturated rings. The van der Waals surface area contributed by atoms with Crippen LogP contribution in [0.3, 0.4) is 0 Å². The van der Waals surface area contributed by atoms with Gasteiger partial charge in [-0.15, -0.1) is 0 Å². The average Bonchev–Trinajstić information content (AvgIpc) is 3.03. The van der Waals surface area contributed by atoms with E-state index in [1.54, 1.807) is 6.21 Å². The molecule has 0 saturated heterocycles. The molecule has 1 aliphatic carbocycles. The van der Waals surface area contributed by atoms with Crippen LogP contribution < -0.4 is 5.43 Å². The summed E-state index contributed by atoms with van der Waals surface area (Å²) >= 11 is 6.00. The molecule has 1 saturated carbocycles. The van der Waals surface area contributed by atoms with Crippen molar-refractivity contribution in [3.05, 3.63) is 52.4 Å². The van der Waals surface area contributed by atoms with Gasteiger partial charge in [-0.05, 0) is 42.7 Å². The van der Waals surface area contributed by atoms with Gasteiger partial charge < -0.3 is 9.52 Å². The summed E-state index contributed by atoms with van der Waals surface area (Å²) in [5.41, 5.74) is 3.31. The van der Waals surface area contributed by atoms with Crippen LogP contribution >= 0.6 is 11.6 Å². The molecule has 5 nitrogen and oxygen atoms in total. The standard InChI is InChI=1S/C16H15ClN2O3/c1-9-6-12(9)15-5-3-11(22-15)8-18-19-14-7-10(16(20)21)2-4-13(14)17/h2-5,7-9,12,19H,6H2,1H3,(H,20,21)/b18-8-/t9-,12+/m1/s1.